The zero-order valence-corrected chi connectivity index (χ0v) is 8.32. The molecule has 0 atom stereocenters. The van der Waals surface area contributed by atoms with Crippen molar-refractivity contribution in [3.05, 3.63) is 29.5 Å². The van der Waals surface area contributed by atoms with Crippen LogP contribution in [0.5, 0.6) is 0 Å². The zero-order valence-electron chi connectivity index (χ0n) is 8.32. The molecule has 4 heteroatoms. The number of hydrogen-bond acceptors (Lipinski definition) is 3. The Labute approximate surface area is 82.2 Å². The lowest BCUT2D eigenvalue weighted by molar-refractivity contribution is 0.125. The van der Waals surface area contributed by atoms with E-state index in [4.69, 9.17) is 5.90 Å². The van der Waals surface area contributed by atoms with E-state index in [1.165, 1.54) is 0 Å². The molecule has 0 fully saturated rings. The van der Waals surface area contributed by atoms with Crippen molar-refractivity contribution in [3.8, 4) is 0 Å². The lowest BCUT2D eigenvalue weighted by Crippen LogP contribution is -1.99. The molecule has 2 N–H and O–H groups in total. The number of aromatic nitrogens is 2. The minimum atomic E-state index is 0.421. The Hall–Kier alpha value is -1.39. The molecule has 0 unspecified atom stereocenters. The van der Waals surface area contributed by atoms with E-state index >= 15 is 0 Å². The van der Waals surface area contributed by atoms with Gasteiger partial charge in [0.05, 0.1) is 17.8 Å². The second-order valence-electron chi connectivity index (χ2n) is 3.33. The lowest BCUT2D eigenvalue weighted by atomic mass is 10.1. The van der Waals surface area contributed by atoms with Gasteiger partial charge in [-0.2, -0.15) is 5.10 Å². The van der Waals surface area contributed by atoms with E-state index in [1.807, 2.05) is 36.9 Å². The predicted octanol–water partition coefficient (Wildman–Crippen LogP) is 1.27. The van der Waals surface area contributed by atoms with Crippen molar-refractivity contribution in [3.63, 3.8) is 0 Å². The summed E-state index contributed by atoms with van der Waals surface area (Å²) in [4.78, 5) is 4.66. The van der Waals surface area contributed by atoms with Gasteiger partial charge in [-0.3, -0.25) is 9.52 Å². The van der Waals surface area contributed by atoms with Crippen LogP contribution in [0.4, 0.5) is 0 Å². The second-order valence-corrected chi connectivity index (χ2v) is 3.33. The van der Waals surface area contributed by atoms with Crippen molar-refractivity contribution < 1.29 is 4.84 Å². The van der Waals surface area contributed by atoms with E-state index in [1.54, 1.807) is 0 Å². The third-order valence-electron chi connectivity index (χ3n) is 2.38. The average Bonchev–Trinajstić information content (AvgIpc) is 2.44. The molecule has 1 heterocycles. The van der Waals surface area contributed by atoms with Crippen LogP contribution in [0.1, 0.15) is 11.3 Å². The number of nitrogens with two attached hydrogens (primary N) is 1. The molecule has 1 aromatic carbocycles. The highest BCUT2D eigenvalue weighted by Crippen LogP contribution is 2.21. The number of hydrogen-bond donors (Lipinski definition) is 1. The van der Waals surface area contributed by atoms with Gasteiger partial charge in [0.25, 0.3) is 0 Å². The first kappa shape index (κ1) is 9.18. The van der Waals surface area contributed by atoms with Crippen LogP contribution in [0, 0.1) is 6.92 Å². The number of fused-ring (bicyclic) bond motifs is 1. The first-order chi connectivity index (χ1) is 6.74. The quantitative estimate of drug-likeness (QED) is 0.727. The van der Waals surface area contributed by atoms with Crippen LogP contribution < -0.4 is 5.90 Å². The standard InChI is InChI=1S/C10H13N3O/c1-7-10-8(6-14-11)4-3-5-9(10)13(2)12-7/h3-5H,6,11H2,1-2H3. The topological polar surface area (TPSA) is 53.1 Å². The van der Waals surface area contributed by atoms with E-state index in [-0.39, 0.29) is 0 Å². The van der Waals surface area contributed by atoms with Crippen molar-refractivity contribution >= 4 is 10.9 Å². The number of benzene rings is 1. The van der Waals surface area contributed by atoms with Crippen LogP contribution in [0.15, 0.2) is 18.2 Å². The Morgan fingerprint density at radius 3 is 3.00 bits per heavy atom. The molecule has 0 aliphatic heterocycles. The van der Waals surface area contributed by atoms with Crippen LogP contribution in [0.2, 0.25) is 0 Å². The fourth-order valence-electron chi connectivity index (χ4n) is 1.81. The van der Waals surface area contributed by atoms with Crippen molar-refractivity contribution in [2.45, 2.75) is 13.5 Å². The van der Waals surface area contributed by atoms with E-state index in [0.29, 0.717) is 6.61 Å². The number of nitrogens with zero attached hydrogens (tertiary/aromatic N) is 2. The normalized spacial score (nSPS) is 11.1. The van der Waals surface area contributed by atoms with Gasteiger partial charge in [-0.15, -0.1) is 0 Å². The largest absolute Gasteiger partial charge is 0.300 e. The van der Waals surface area contributed by atoms with Gasteiger partial charge in [0, 0.05) is 12.4 Å². The molecule has 0 aliphatic rings. The van der Waals surface area contributed by atoms with Gasteiger partial charge in [0.1, 0.15) is 0 Å². The highest BCUT2D eigenvalue weighted by Gasteiger charge is 2.08. The molecule has 0 saturated heterocycles. The molecule has 0 radical (unpaired) electrons. The molecule has 1 aromatic heterocycles. The van der Waals surface area contributed by atoms with Gasteiger partial charge in [-0.05, 0) is 18.6 Å². The fourth-order valence-corrected chi connectivity index (χ4v) is 1.81. The maximum Gasteiger partial charge on any atom is 0.0937 e. The Bertz CT molecular complexity index is 462. The number of aryl methyl sites for hydroxylation is 2. The Morgan fingerprint density at radius 2 is 2.29 bits per heavy atom. The molecule has 0 saturated carbocycles. The van der Waals surface area contributed by atoms with E-state index in [0.717, 1.165) is 22.2 Å². The predicted molar refractivity (Wildman–Crippen MR) is 54.4 cm³/mol. The van der Waals surface area contributed by atoms with Gasteiger partial charge >= 0.3 is 0 Å². The first-order valence-corrected chi connectivity index (χ1v) is 4.47. The summed E-state index contributed by atoms with van der Waals surface area (Å²) in [6.07, 6.45) is 0. The summed E-state index contributed by atoms with van der Waals surface area (Å²) in [6.45, 7) is 2.41. The molecular weight excluding hydrogens is 178 g/mol. The molecule has 0 aliphatic carbocycles. The molecule has 0 spiro atoms. The molecule has 2 rings (SSSR count). The van der Waals surface area contributed by atoms with Gasteiger partial charge in [0.15, 0.2) is 0 Å². The Kier molecular flexibility index (Phi) is 2.23. The minimum absolute atomic E-state index is 0.421. The summed E-state index contributed by atoms with van der Waals surface area (Å²) in [7, 11) is 1.93. The van der Waals surface area contributed by atoms with Gasteiger partial charge in [-0.1, -0.05) is 12.1 Å². The van der Waals surface area contributed by atoms with E-state index in [9.17, 15) is 0 Å². The van der Waals surface area contributed by atoms with Gasteiger partial charge in [0.2, 0.25) is 0 Å². The lowest BCUT2D eigenvalue weighted by Gasteiger charge is -2.01. The summed E-state index contributed by atoms with van der Waals surface area (Å²) in [5.41, 5.74) is 3.20. The first-order valence-electron chi connectivity index (χ1n) is 4.47. The number of rotatable bonds is 2. The van der Waals surface area contributed by atoms with E-state index in [2.05, 4.69) is 9.94 Å². The summed E-state index contributed by atoms with van der Waals surface area (Å²) >= 11 is 0. The molecule has 14 heavy (non-hydrogen) atoms. The highest BCUT2D eigenvalue weighted by molar-refractivity contribution is 5.85. The summed E-state index contributed by atoms with van der Waals surface area (Å²) in [5, 5.41) is 5.49. The van der Waals surface area contributed by atoms with Crippen LogP contribution in [0.3, 0.4) is 0 Å². The zero-order chi connectivity index (χ0) is 10.1. The smallest absolute Gasteiger partial charge is 0.0937 e. The minimum Gasteiger partial charge on any atom is -0.300 e. The van der Waals surface area contributed by atoms with Crippen molar-refractivity contribution in [2.75, 3.05) is 0 Å². The third-order valence-corrected chi connectivity index (χ3v) is 2.38. The molecule has 2 aromatic rings. The SMILES string of the molecule is Cc1nn(C)c2cccc(CON)c12. The molecule has 0 amide bonds. The fraction of sp³-hybridized carbons (Fsp3) is 0.300. The highest BCUT2D eigenvalue weighted by atomic mass is 16.6. The summed E-state index contributed by atoms with van der Waals surface area (Å²) < 4.78 is 1.87. The Morgan fingerprint density at radius 1 is 1.50 bits per heavy atom. The molecular formula is C10H13N3O. The van der Waals surface area contributed by atoms with Gasteiger partial charge in [-0.25, -0.2) is 5.90 Å². The second kappa shape index (κ2) is 3.40. The maximum atomic E-state index is 5.08. The summed E-state index contributed by atoms with van der Waals surface area (Å²) in [6, 6.07) is 6.02. The van der Waals surface area contributed by atoms with Gasteiger partial charge < -0.3 is 0 Å². The maximum absolute atomic E-state index is 5.08. The van der Waals surface area contributed by atoms with Crippen LogP contribution in [-0.4, -0.2) is 9.78 Å². The molecule has 4 nitrogen and oxygen atoms in total. The van der Waals surface area contributed by atoms with Crippen molar-refractivity contribution in [1.29, 1.82) is 0 Å². The summed E-state index contributed by atoms with van der Waals surface area (Å²) in [5.74, 6) is 5.08. The monoisotopic (exact) mass is 191 g/mol. The third kappa shape index (κ3) is 1.29. The Balaban J connectivity index is 2.72. The molecule has 0 bridgehead atoms. The average molecular weight is 191 g/mol. The van der Waals surface area contributed by atoms with Crippen LogP contribution >= 0.6 is 0 Å². The van der Waals surface area contributed by atoms with Crippen LogP contribution in [0.25, 0.3) is 10.9 Å². The van der Waals surface area contributed by atoms with Crippen molar-refractivity contribution in [1.82, 2.24) is 9.78 Å². The van der Waals surface area contributed by atoms with E-state index < -0.39 is 0 Å². The molecule has 74 valence electrons. The van der Waals surface area contributed by atoms with Crippen molar-refractivity contribution in [2.24, 2.45) is 12.9 Å². The van der Waals surface area contributed by atoms with Crippen LogP contribution in [-0.2, 0) is 18.5 Å².